The van der Waals surface area contributed by atoms with Crippen LogP contribution in [0, 0.1) is 28.6 Å². The zero-order valence-electron chi connectivity index (χ0n) is 10.8. The smallest absolute Gasteiger partial charge is 0.0804 e. The first kappa shape index (κ1) is 13.3. The summed E-state index contributed by atoms with van der Waals surface area (Å²) in [4.78, 5) is 0. The first-order chi connectivity index (χ1) is 7.42. The second-order valence-electron chi connectivity index (χ2n) is 5.52. The first-order valence-electron chi connectivity index (χ1n) is 6.19. The van der Waals surface area contributed by atoms with Gasteiger partial charge in [0.05, 0.1) is 17.6 Å². The molecule has 0 aliphatic heterocycles. The molecule has 0 radical (unpaired) electrons. The Hall–Kier alpha value is -0.810. The number of hydrogen-bond acceptors (Lipinski definition) is 2. The fourth-order valence-electron chi connectivity index (χ4n) is 2.71. The summed E-state index contributed by atoms with van der Waals surface area (Å²) in [6, 6.07) is 2.29. The summed E-state index contributed by atoms with van der Waals surface area (Å²) in [5.41, 5.74) is 0.751. The molecule has 1 aliphatic carbocycles. The lowest BCUT2D eigenvalue weighted by Gasteiger charge is -2.36. The van der Waals surface area contributed by atoms with Crippen molar-refractivity contribution in [2.45, 2.75) is 53.1 Å². The second-order valence-corrected chi connectivity index (χ2v) is 5.52. The van der Waals surface area contributed by atoms with Crippen LogP contribution in [0.4, 0.5) is 0 Å². The van der Waals surface area contributed by atoms with Crippen molar-refractivity contribution in [1.29, 1.82) is 5.26 Å². The highest BCUT2D eigenvalue weighted by Gasteiger charge is 2.38. The van der Waals surface area contributed by atoms with Crippen molar-refractivity contribution in [3.63, 3.8) is 0 Å². The van der Waals surface area contributed by atoms with Crippen LogP contribution in [-0.2, 0) is 0 Å². The third kappa shape index (κ3) is 2.65. The van der Waals surface area contributed by atoms with Crippen LogP contribution in [0.15, 0.2) is 11.6 Å². The summed E-state index contributed by atoms with van der Waals surface area (Å²) < 4.78 is 0. The highest BCUT2D eigenvalue weighted by atomic mass is 16.3. The van der Waals surface area contributed by atoms with Crippen molar-refractivity contribution in [2.24, 2.45) is 17.3 Å². The lowest BCUT2D eigenvalue weighted by Crippen LogP contribution is -2.38. The molecule has 4 atom stereocenters. The molecule has 0 amide bonds. The molecular weight excluding hydrogens is 198 g/mol. The van der Waals surface area contributed by atoms with Gasteiger partial charge in [0.1, 0.15) is 0 Å². The van der Waals surface area contributed by atoms with Gasteiger partial charge in [-0.3, -0.25) is 0 Å². The monoisotopic (exact) mass is 221 g/mol. The summed E-state index contributed by atoms with van der Waals surface area (Å²) in [5.74, 6) is 0.762. The van der Waals surface area contributed by atoms with Gasteiger partial charge in [-0.2, -0.15) is 5.26 Å². The van der Waals surface area contributed by atoms with Crippen LogP contribution < -0.4 is 0 Å². The van der Waals surface area contributed by atoms with E-state index in [0.29, 0.717) is 12.3 Å². The highest BCUT2D eigenvalue weighted by molar-refractivity contribution is 5.10. The van der Waals surface area contributed by atoms with Gasteiger partial charge in [-0.25, -0.2) is 0 Å². The third-order valence-corrected chi connectivity index (χ3v) is 3.92. The van der Waals surface area contributed by atoms with Crippen molar-refractivity contribution < 1.29 is 5.11 Å². The van der Waals surface area contributed by atoms with Gasteiger partial charge in [-0.15, -0.1) is 0 Å². The predicted molar refractivity (Wildman–Crippen MR) is 65.7 cm³/mol. The normalized spacial score (nSPS) is 31.1. The Morgan fingerprint density at radius 2 is 2.31 bits per heavy atom. The lowest BCUT2D eigenvalue weighted by atomic mass is 9.70. The van der Waals surface area contributed by atoms with E-state index in [1.165, 1.54) is 5.57 Å². The molecule has 2 heteroatoms. The van der Waals surface area contributed by atoms with Crippen LogP contribution in [0.25, 0.3) is 0 Å². The number of rotatable bonds is 3. The lowest BCUT2D eigenvalue weighted by molar-refractivity contribution is 0.0110. The third-order valence-electron chi connectivity index (χ3n) is 3.92. The average molecular weight is 221 g/mol. The van der Waals surface area contributed by atoms with Crippen LogP contribution in [0.5, 0.6) is 0 Å². The number of aliphatic hydroxyl groups is 1. The van der Waals surface area contributed by atoms with E-state index in [0.717, 1.165) is 12.8 Å². The molecule has 16 heavy (non-hydrogen) atoms. The largest absolute Gasteiger partial charge is 0.391 e. The van der Waals surface area contributed by atoms with Gasteiger partial charge in [-0.1, -0.05) is 25.5 Å². The molecule has 4 unspecified atom stereocenters. The molecular formula is C14H23NO. The van der Waals surface area contributed by atoms with E-state index >= 15 is 0 Å². The van der Waals surface area contributed by atoms with Gasteiger partial charge in [-0.05, 0) is 44.9 Å². The van der Waals surface area contributed by atoms with E-state index in [1.807, 2.05) is 13.8 Å². The maximum atomic E-state index is 10.4. The van der Waals surface area contributed by atoms with Gasteiger partial charge >= 0.3 is 0 Å². The number of nitrogens with zero attached hydrogens (tertiary/aromatic N) is 1. The molecule has 1 aliphatic rings. The van der Waals surface area contributed by atoms with Crippen LogP contribution in [0.2, 0.25) is 0 Å². The van der Waals surface area contributed by atoms with Gasteiger partial charge < -0.3 is 5.11 Å². The minimum atomic E-state index is -0.595. The fourth-order valence-corrected chi connectivity index (χ4v) is 2.71. The SMILES string of the molecule is CCC(C)(C#N)C(O)C1CC(C)=CC(C)C1. The first-order valence-corrected chi connectivity index (χ1v) is 6.19. The maximum absolute atomic E-state index is 10.4. The molecule has 0 aromatic carbocycles. The fraction of sp³-hybridized carbons (Fsp3) is 0.786. The Kier molecular flexibility index (Phi) is 4.15. The Balaban J connectivity index is 2.80. The summed E-state index contributed by atoms with van der Waals surface area (Å²) >= 11 is 0. The molecule has 0 aromatic heterocycles. The second kappa shape index (κ2) is 5.01. The maximum Gasteiger partial charge on any atom is 0.0804 e. The van der Waals surface area contributed by atoms with Crippen molar-refractivity contribution in [3.05, 3.63) is 11.6 Å². The van der Waals surface area contributed by atoms with Crippen LogP contribution in [-0.4, -0.2) is 11.2 Å². The number of hydrogen-bond donors (Lipinski definition) is 1. The molecule has 0 saturated carbocycles. The van der Waals surface area contributed by atoms with E-state index in [4.69, 9.17) is 0 Å². The van der Waals surface area contributed by atoms with Gasteiger partial charge in [0.2, 0.25) is 0 Å². The molecule has 0 fully saturated rings. The van der Waals surface area contributed by atoms with E-state index in [9.17, 15) is 10.4 Å². The van der Waals surface area contributed by atoms with Crippen molar-refractivity contribution in [1.82, 2.24) is 0 Å². The van der Waals surface area contributed by atoms with Gasteiger partial charge in [0.15, 0.2) is 0 Å². The summed E-state index contributed by atoms with van der Waals surface area (Å²) in [6.07, 6.45) is 4.41. The molecule has 1 N–H and O–H groups in total. The van der Waals surface area contributed by atoms with Crippen molar-refractivity contribution in [3.8, 4) is 6.07 Å². The van der Waals surface area contributed by atoms with E-state index in [1.54, 1.807) is 0 Å². The molecule has 90 valence electrons. The highest BCUT2D eigenvalue weighted by Crippen LogP contribution is 2.38. The zero-order chi connectivity index (χ0) is 12.3. The van der Waals surface area contributed by atoms with Gasteiger partial charge in [0.25, 0.3) is 0 Å². The Morgan fingerprint density at radius 3 is 2.75 bits per heavy atom. The summed E-state index contributed by atoms with van der Waals surface area (Å²) in [7, 11) is 0. The topological polar surface area (TPSA) is 44.0 Å². The van der Waals surface area contributed by atoms with Crippen LogP contribution in [0.1, 0.15) is 47.0 Å². The van der Waals surface area contributed by atoms with Crippen LogP contribution >= 0.6 is 0 Å². The predicted octanol–water partition coefficient (Wildman–Crippen LogP) is 3.28. The molecule has 0 spiro atoms. The molecule has 0 heterocycles. The Bertz CT molecular complexity index is 315. The van der Waals surface area contributed by atoms with E-state index in [-0.39, 0.29) is 5.92 Å². The molecule has 0 saturated heterocycles. The number of nitriles is 1. The Morgan fingerprint density at radius 1 is 1.69 bits per heavy atom. The number of aliphatic hydroxyl groups excluding tert-OH is 1. The zero-order valence-corrected chi connectivity index (χ0v) is 10.8. The van der Waals surface area contributed by atoms with E-state index in [2.05, 4.69) is 26.0 Å². The number of allylic oxidation sites excluding steroid dienone is 2. The minimum absolute atomic E-state index is 0.240. The van der Waals surface area contributed by atoms with Crippen molar-refractivity contribution >= 4 is 0 Å². The van der Waals surface area contributed by atoms with E-state index < -0.39 is 11.5 Å². The summed E-state index contributed by atoms with van der Waals surface area (Å²) in [5, 5.41) is 19.6. The quantitative estimate of drug-likeness (QED) is 0.743. The van der Waals surface area contributed by atoms with Gasteiger partial charge in [0, 0.05) is 0 Å². The molecule has 0 aromatic rings. The molecule has 1 rings (SSSR count). The van der Waals surface area contributed by atoms with Crippen LogP contribution in [0.3, 0.4) is 0 Å². The minimum Gasteiger partial charge on any atom is -0.391 e. The summed E-state index contributed by atoms with van der Waals surface area (Å²) in [6.45, 7) is 8.14. The van der Waals surface area contributed by atoms with Crippen molar-refractivity contribution in [2.75, 3.05) is 0 Å². The standard InChI is InChI=1S/C14H23NO/c1-5-14(4,9-15)13(16)12-7-10(2)6-11(3)8-12/h6,10,12-13,16H,5,7-8H2,1-4H3. The Labute approximate surface area is 99.0 Å². The molecule has 2 nitrogen and oxygen atoms in total. The molecule has 0 bridgehead atoms. The average Bonchev–Trinajstić information content (AvgIpc) is 2.25.